The van der Waals surface area contributed by atoms with Crippen LogP contribution < -0.4 is 0 Å². The molecule has 0 atom stereocenters. The third kappa shape index (κ3) is 0.407. The predicted molar refractivity (Wildman–Crippen MR) is 25.3 cm³/mol. The molecule has 34 valence electrons. The second-order valence-corrected chi connectivity index (χ2v) is 1.23. The summed E-state index contributed by atoms with van der Waals surface area (Å²) in [5, 5.41) is 0. The number of aryl methyl sites for hydroxylation is 1. The Kier molecular flexibility index (Phi) is 0.638. The van der Waals surface area contributed by atoms with E-state index in [0.717, 1.165) is 0 Å². The van der Waals surface area contributed by atoms with Crippen molar-refractivity contribution in [2.24, 2.45) is 7.05 Å². The molecule has 0 aliphatic rings. The first-order chi connectivity index (χ1) is 2.89. The first-order valence-electron chi connectivity index (χ1n) is 1.81. The van der Waals surface area contributed by atoms with Gasteiger partial charge in [-0.25, -0.2) is 4.98 Å². The zero-order valence-electron chi connectivity index (χ0n) is 3.63. The van der Waals surface area contributed by atoms with E-state index in [1.807, 2.05) is 17.8 Å². The van der Waals surface area contributed by atoms with Crippen molar-refractivity contribution in [1.82, 2.24) is 9.55 Å². The van der Waals surface area contributed by atoms with Crippen LogP contribution in [0.1, 0.15) is 1.43 Å². The molecule has 0 bridgehead atoms. The average Bonchev–Trinajstić information content (AvgIpc) is 1.86. The van der Waals surface area contributed by atoms with Gasteiger partial charge in [0.25, 0.3) is 0 Å². The van der Waals surface area contributed by atoms with Crippen LogP contribution in [0.2, 0.25) is 0 Å². The Bertz CT molecular complexity index is 113. The lowest BCUT2D eigenvalue weighted by Crippen LogP contribution is -1.76. The number of hydrogen-bond donors (Lipinski definition) is 0. The average molecular weight is 84.1 g/mol. The monoisotopic (exact) mass is 84.1 g/mol. The summed E-state index contributed by atoms with van der Waals surface area (Å²) >= 11 is 0. The summed E-state index contributed by atoms with van der Waals surface area (Å²) in [6, 6.07) is 0. The highest BCUT2D eigenvalue weighted by molar-refractivity contribution is 4.70. The number of rotatable bonds is 0. The van der Waals surface area contributed by atoms with E-state index in [9.17, 15) is 0 Å². The molecule has 0 saturated carbocycles. The molecule has 0 amide bonds. The van der Waals surface area contributed by atoms with Gasteiger partial charge in [-0.05, 0) is 0 Å². The van der Waals surface area contributed by atoms with Crippen LogP contribution in [0.4, 0.5) is 0 Å². The van der Waals surface area contributed by atoms with E-state index in [0.29, 0.717) is 0 Å². The van der Waals surface area contributed by atoms with Crippen molar-refractivity contribution in [1.29, 1.82) is 0 Å². The van der Waals surface area contributed by atoms with Crippen LogP contribution in [-0.2, 0) is 7.05 Å². The van der Waals surface area contributed by atoms with Crippen LogP contribution >= 0.6 is 0 Å². The van der Waals surface area contributed by atoms with Gasteiger partial charge in [-0.1, -0.05) is 0 Å². The zero-order valence-corrected chi connectivity index (χ0v) is 3.63. The maximum atomic E-state index is 3.78. The summed E-state index contributed by atoms with van der Waals surface area (Å²) in [4.78, 5) is 3.78. The predicted octanol–water partition coefficient (Wildman–Crippen LogP) is 0.666. The van der Waals surface area contributed by atoms with Crippen molar-refractivity contribution in [2.75, 3.05) is 0 Å². The van der Waals surface area contributed by atoms with Crippen molar-refractivity contribution in [3.8, 4) is 0 Å². The summed E-state index contributed by atoms with van der Waals surface area (Å²) in [6.45, 7) is 0. The van der Waals surface area contributed by atoms with Crippen LogP contribution in [-0.4, -0.2) is 9.55 Å². The maximum Gasteiger partial charge on any atom is 0.0943 e. The van der Waals surface area contributed by atoms with E-state index >= 15 is 0 Å². The second-order valence-electron chi connectivity index (χ2n) is 1.23. The van der Waals surface area contributed by atoms with Crippen LogP contribution in [0.3, 0.4) is 0 Å². The molecule has 1 aromatic rings. The highest BCUT2D eigenvalue weighted by Gasteiger charge is 1.69. The Morgan fingerprint density at radius 2 is 2.67 bits per heavy atom. The minimum atomic E-state index is 0. The van der Waals surface area contributed by atoms with Crippen LogP contribution in [0.15, 0.2) is 18.7 Å². The van der Waals surface area contributed by atoms with Gasteiger partial charge in [-0.15, -0.1) is 0 Å². The third-order valence-corrected chi connectivity index (χ3v) is 0.637. The number of aromatic nitrogens is 2. The molecule has 0 radical (unpaired) electrons. The minimum absolute atomic E-state index is 0. The van der Waals surface area contributed by atoms with Gasteiger partial charge in [-0.3, -0.25) is 0 Å². The highest BCUT2D eigenvalue weighted by atomic mass is 15.0. The standard InChI is InChI=1S/C4H6N2.H2/c1-6-3-2-5-4-6;/h2-4H,1H3;1H. The van der Waals surface area contributed by atoms with Crippen LogP contribution in [0.25, 0.3) is 0 Å². The fourth-order valence-electron chi connectivity index (χ4n) is 0.326. The third-order valence-electron chi connectivity index (χ3n) is 0.637. The lowest BCUT2D eigenvalue weighted by atomic mass is 10.9. The molecule has 0 fully saturated rings. The van der Waals surface area contributed by atoms with E-state index in [-0.39, 0.29) is 1.43 Å². The molecular weight excluding hydrogens is 76.1 g/mol. The lowest BCUT2D eigenvalue weighted by molar-refractivity contribution is 0.913. The quantitative estimate of drug-likeness (QED) is 0.451. The van der Waals surface area contributed by atoms with Crippen molar-refractivity contribution in [3.05, 3.63) is 18.7 Å². The molecule has 1 rings (SSSR count). The SMILES string of the molecule is Cn1ccnc1.[HH]. The first kappa shape index (κ1) is 3.40. The summed E-state index contributed by atoms with van der Waals surface area (Å²) in [5.74, 6) is 0. The van der Waals surface area contributed by atoms with Gasteiger partial charge in [-0.2, -0.15) is 0 Å². The lowest BCUT2D eigenvalue weighted by Gasteiger charge is -1.76. The molecule has 0 N–H and O–H groups in total. The maximum absolute atomic E-state index is 3.78. The van der Waals surface area contributed by atoms with Gasteiger partial charge in [0, 0.05) is 20.9 Å². The molecule has 0 aliphatic carbocycles. The molecule has 0 unspecified atom stereocenters. The van der Waals surface area contributed by atoms with Gasteiger partial charge in [0.15, 0.2) is 0 Å². The molecule has 1 heterocycles. The van der Waals surface area contributed by atoms with Gasteiger partial charge in [0.05, 0.1) is 6.33 Å². The normalized spacial score (nSPS) is 8.83. The minimum Gasteiger partial charge on any atom is -0.341 e. The van der Waals surface area contributed by atoms with Crippen LogP contribution in [0.5, 0.6) is 0 Å². The summed E-state index contributed by atoms with van der Waals surface area (Å²) in [5.41, 5.74) is 0. The van der Waals surface area contributed by atoms with Gasteiger partial charge >= 0.3 is 0 Å². The second kappa shape index (κ2) is 1.12. The van der Waals surface area contributed by atoms with Crippen molar-refractivity contribution in [2.45, 2.75) is 0 Å². The summed E-state index contributed by atoms with van der Waals surface area (Å²) in [6.07, 6.45) is 5.39. The molecule has 0 aliphatic heterocycles. The molecule has 0 spiro atoms. The van der Waals surface area contributed by atoms with Crippen molar-refractivity contribution < 1.29 is 1.43 Å². The molecule has 0 aromatic carbocycles. The van der Waals surface area contributed by atoms with E-state index in [4.69, 9.17) is 0 Å². The highest BCUT2D eigenvalue weighted by Crippen LogP contribution is 1.73. The Balaban J connectivity index is 0.000000360. The van der Waals surface area contributed by atoms with E-state index in [2.05, 4.69) is 4.98 Å². The van der Waals surface area contributed by atoms with Gasteiger partial charge in [0.1, 0.15) is 0 Å². The van der Waals surface area contributed by atoms with Crippen molar-refractivity contribution in [3.63, 3.8) is 0 Å². The summed E-state index contributed by atoms with van der Waals surface area (Å²) < 4.78 is 1.89. The number of imidazole rings is 1. The van der Waals surface area contributed by atoms with E-state index in [1.54, 1.807) is 12.5 Å². The Morgan fingerprint density at radius 3 is 2.83 bits per heavy atom. The van der Waals surface area contributed by atoms with Gasteiger partial charge < -0.3 is 4.57 Å². The Morgan fingerprint density at radius 1 is 1.83 bits per heavy atom. The largest absolute Gasteiger partial charge is 0.341 e. The summed E-state index contributed by atoms with van der Waals surface area (Å²) in [7, 11) is 1.94. The molecule has 2 nitrogen and oxygen atoms in total. The topological polar surface area (TPSA) is 17.8 Å². The number of nitrogens with zero attached hydrogens (tertiary/aromatic N) is 2. The van der Waals surface area contributed by atoms with E-state index < -0.39 is 0 Å². The van der Waals surface area contributed by atoms with Gasteiger partial charge in [0.2, 0.25) is 0 Å². The first-order valence-corrected chi connectivity index (χ1v) is 1.81. The smallest absolute Gasteiger partial charge is 0.0943 e. The molecule has 0 saturated heterocycles. The van der Waals surface area contributed by atoms with E-state index in [1.165, 1.54) is 0 Å². The van der Waals surface area contributed by atoms with Crippen molar-refractivity contribution >= 4 is 0 Å². The van der Waals surface area contributed by atoms with Crippen LogP contribution in [0, 0.1) is 0 Å². The fraction of sp³-hybridized carbons (Fsp3) is 0.250. The number of hydrogen-bond acceptors (Lipinski definition) is 1. The molecular formula is C4H8N2. The molecule has 6 heavy (non-hydrogen) atoms. The molecule has 2 heteroatoms. The molecule has 1 aromatic heterocycles. The zero-order chi connectivity index (χ0) is 4.41. The Labute approximate surface area is 37.9 Å². The Hall–Kier alpha value is -0.790. The fourth-order valence-corrected chi connectivity index (χ4v) is 0.326.